The van der Waals surface area contributed by atoms with Crippen LogP contribution < -0.4 is 11.5 Å². The predicted molar refractivity (Wildman–Crippen MR) is 63.2 cm³/mol. The van der Waals surface area contributed by atoms with Crippen LogP contribution in [0.1, 0.15) is 16.7 Å². The minimum Gasteiger partial charge on any atom is -0.370 e. The first kappa shape index (κ1) is 18.4. The molecular weight excluding hydrogens is 312 g/mol. The third kappa shape index (κ3) is 5.16. The minimum absolute atomic E-state index is 0. The van der Waals surface area contributed by atoms with Gasteiger partial charge < -0.3 is 11.5 Å². The van der Waals surface area contributed by atoms with E-state index in [9.17, 15) is 26.3 Å². The van der Waals surface area contributed by atoms with Gasteiger partial charge in [0, 0.05) is 0 Å². The van der Waals surface area contributed by atoms with Crippen LogP contribution in [0.3, 0.4) is 0 Å². The predicted octanol–water partition coefficient (Wildman–Crippen LogP) is 2.92. The van der Waals surface area contributed by atoms with Crippen molar-refractivity contribution in [1.82, 2.24) is 0 Å². The van der Waals surface area contributed by atoms with E-state index in [0.717, 1.165) is 0 Å². The molecule has 0 atom stereocenters. The molecule has 4 N–H and O–H groups in total. The zero-order valence-corrected chi connectivity index (χ0v) is 10.5. The number of hydrogen-bond donors (Lipinski definition) is 2. The summed E-state index contributed by atoms with van der Waals surface area (Å²) in [6.45, 7) is -0.463. The molecule has 0 aliphatic carbocycles. The summed E-state index contributed by atoms with van der Waals surface area (Å²) in [5.41, 5.74) is 6.86. The van der Waals surface area contributed by atoms with E-state index in [1.165, 1.54) is 0 Å². The molecule has 114 valence electrons. The van der Waals surface area contributed by atoms with Crippen LogP contribution in [-0.4, -0.2) is 5.96 Å². The van der Waals surface area contributed by atoms with Crippen molar-refractivity contribution in [3.05, 3.63) is 34.9 Å². The summed E-state index contributed by atoms with van der Waals surface area (Å²) in [7, 11) is 0. The third-order valence-electron chi connectivity index (χ3n) is 2.09. The van der Waals surface area contributed by atoms with E-state index in [1.54, 1.807) is 0 Å². The number of hydrogen-bond acceptors (Lipinski definition) is 1. The molecule has 0 aliphatic rings. The van der Waals surface area contributed by atoms with Gasteiger partial charge in [-0.1, -0.05) is 0 Å². The lowest BCUT2D eigenvalue weighted by Crippen LogP contribution is -2.22. The number of nitrogens with two attached hydrogens (primary N) is 2. The first-order valence-electron chi connectivity index (χ1n) is 4.84. The van der Waals surface area contributed by atoms with Crippen molar-refractivity contribution in [3.8, 4) is 0 Å². The van der Waals surface area contributed by atoms with Crippen LogP contribution in [0.4, 0.5) is 26.3 Å². The van der Waals surface area contributed by atoms with Crippen LogP contribution in [0, 0.1) is 0 Å². The van der Waals surface area contributed by atoms with Gasteiger partial charge in [0.25, 0.3) is 0 Å². The molecular formula is C10H10ClF6N3. The van der Waals surface area contributed by atoms with Gasteiger partial charge in [-0.2, -0.15) is 26.3 Å². The Balaban J connectivity index is 0.00000361. The van der Waals surface area contributed by atoms with Crippen molar-refractivity contribution < 1.29 is 26.3 Å². The summed E-state index contributed by atoms with van der Waals surface area (Å²) >= 11 is 0. The topological polar surface area (TPSA) is 64.4 Å². The zero-order chi connectivity index (χ0) is 14.8. The second kappa shape index (κ2) is 6.21. The molecule has 1 aromatic rings. The number of rotatable bonds is 2. The van der Waals surface area contributed by atoms with Gasteiger partial charge in [0.1, 0.15) is 0 Å². The average Bonchev–Trinajstić information content (AvgIpc) is 2.23. The largest absolute Gasteiger partial charge is 0.416 e. The fourth-order valence-electron chi connectivity index (χ4n) is 1.29. The molecule has 0 aromatic heterocycles. The Hall–Kier alpha value is -1.64. The molecule has 0 fully saturated rings. The lowest BCUT2D eigenvalue weighted by Gasteiger charge is -2.13. The van der Waals surface area contributed by atoms with Crippen molar-refractivity contribution in [2.24, 2.45) is 16.5 Å². The maximum atomic E-state index is 12.5. The standard InChI is InChI=1S/C10H9F6N3.ClH/c11-9(12,13)6-1-5(4-19-8(17)18)2-7(3-6)10(14,15)16;/h1-3H,4H2,(H4,17,18,19);1H. The maximum absolute atomic E-state index is 12.5. The van der Waals surface area contributed by atoms with Gasteiger partial charge in [-0.25, -0.2) is 4.99 Å². The molecule has 0 bridgehead atoms. The van der Waals surface area contributed by atoms with Crippen molar-refractivity contribution >= 4 is 18.4 Å². The Morgan fingerprint density at radius 3 is 1.60 bits per heavy atom. The fraction of sp³-hybridized carbons (Fsp3) is 0.300. The number of halogens is 7. The maximum Gasteiger partial charge on any atom is 0.416 e. The van der Waals surface area contributed by atoms with Crippen LogP contribution in [0.15, 0.2) is 23.2 Å². The van der Waals surface area contributed by atoms with E-state index >= 15 is 0 Å². The van der Waals surface area contributed by atoms with Crippen LogP contribution in [0.2, 0.25) is 0 Å². The summed E-state index contributed by atoms with van der Waals surface area (Å²) in [5, 5.41) is 0. The van der Waals surface area contributed by atoms with Gasteiger partial charge in [0.2, 0.25) is 0 Å². The monoisotopic (exact) mass is 321 g/mol. The third-order valence-corrected chi connectivity index (χ3v) is 2.09. The highest BCUT2D eigenvalue weighted by Crippen LogP contribution is 2.36. The van der Waals surface area contributed by atoms with E-state index in [-0.39, 0.29) is 24.0 Å². The smallest absolute Gasteiger partial charge is 0.370 e. The summed E-state index contributed by atoms with van der Waals surface area (Å²) < 4.78 is 74.9. The molecule has 0 saturated carbocycles. The second-order valence-corrected chi connectivity index (χ2v) is 3.66. The van der Waals surface area contributed by atoms with Crippen LogP contribution >= 0.6 is 12.4 Å². The van der Waals surface area contributed by atoms with Crippen molar-refractivity contribution in [1.29, 1.82) is 0 Å². The number of alkyl halides is 6. The normalized spacial score (nSPS) is 11.7. The molecule has 0 amide bonds. The van der Waals surface area contributed by atoms with Gasteiger partial charge in [0.05, 0.1) is 17.7 Å². The van der Waals surface area contributed by atoms with E-state index in [0.29, 0.717) is 12.1 Å². The number of aliphatic imine (C=N–C) groups is 1. The molecule has 0 aliphatic heterocycles. The first-order chi connectivity index (χ1) is 8.50. The van der Waals surface area contributed by atoms with Gasteiger partial charge in [-0.15, -0.1) is 12.4 Å². The average molecular weight is 322 g/mol. The highest BCUT2D eigenvalue weighted by atomic mass is 35.5. The Kier molecular flexibility index (Phi) is 5.70. The highest BCUT2D eigenvalue weighted by Gasteiger charge is 2.36. The molecule has 1 rings (SSSR count). The SMILES string of the molecule is Cl.NC(N)=NCc1cc(C(F)(F)F)cc(C(F)(F)F)c1. The molecule has 0 spiro atoms. The van der Waals surface area contributed by atoms with Crippen LogP contribution in [0.5, 0.6) is 0 Å². The zero-order valence-electron chi connectivity index (χ0n) is 9.72. The van der Waals surface area contributed by atoms with E-state index < -0.39 is 36.0 Å². The Morgan fingerprint density at radius 1 is 0.900 bits per heavy atom. The molecule has 10 heteroatoms. The molecule has 0 heterocycles. The second-order valence-electron chi connectivity index (χ2n) is 3.66. The van der Waals surface area contributed by atoms with Crippen molar-refractivity contribution in [3.63, 3.8) is 0 Å². The summed E-state index contributed by atoms with van der Waals surface area (Å²) in [6, 6.07) is 1.18. The highest BCUT2D eigenvalue weighted by molar-refractivity contribution is 5.85. The van der Waals surface area contributed by atoms with Gasteiger partial charge in [-0.3, -0.25) is 0 Å². The summed E-state index contributed by atoms with van der Waals surface area (Å²) in [4.78, 5) is 3.38. The minimum atomic E-state index is -4.88. The molecule has 0 radical (unpaired) electrons. The lowest BCUT2D eigenvalue weighted by atomic mass is 10.0. The van der Waals surface area contributed by atoms with Gasteiger partial charge in [0.15, 0.2) is 5.96 Å². The van der Waals surface area contributed by atoms with Gasteiger partial charge >= 0.3 is 12.4 Å². The number of nitrogens with zero attached hydrogens (tertiary/aromatic N) is 1. The van der Waals surface area contributed by atoms with E-state index in [4.69, 9.17) is 11.5 Å². The molecule has 0 unspecified atom stereocenters. The van der Waals surface area contributed by atoms with E-state index in [1.807, 2.05) is 0 Å². The molecule has 20 heavy (non-hydrogen) atoms. The van der Waals surface area contributed by atoms with Crippen LogP contribution in [-0.2, 0) is 18.9 Å². The van der Waals surface area contributed by atoms with Crippen molar-refractivity contribution in [2.45, 2.75) is 18.9 Å². The van der Waals surface area contributed by atoms with E-state index in [2.05, 4.69) is 4.99 Å². The number of guanidine groups is 1. The first-order valence-corrected chi connectivity index (χ1v) is 4.84. The Bertz CT molecular complexity index is 458. The quantitative estimate of drug-likeness (QED) is 0.500. The Labute approximate surface area is 116 Å². The fourth-order valence-corrected chi connectivity index (χ4v) is 1.29. The van der Waals surface area contributed by atoms with Gasteiger partial charge in [-0.05, 0) is 23.8 Å². The van der Waals surface area contributed by atoms with Crippen molar-refractivity contribution in [2.75, 3.05) is 0 Å². The lowest BCUT2D eigenvalue weighted by molar-refractivity contribution is -0.143. The molecule has 3 nitrogen and oxygen atoms in total. The summed E-state index contributed by atoms with van der Waals surface area (Å²) in [6.07, 6.45) is -9.76. The summed E-state index contributed by atoms with van der Waals surface area (Å²) in [5.74, 6) is -0.425. The Morgan fingerprint density at radius 2 is 1.30 bits per heavy atom. The molecule has 0 saturated heterocycles. The van der Waals surface area contributed by atoms with Crippen LogP contribution in [0.25, 0.3) is 0 Å². The molecule has 1 aromatic carbocycles. The number of benzene rings is 1.